The molecule has 1 saturated heterocycles. The average molecular weight is 314 g/mol. The summed E-state index contributed by atoms with van der Waals surface area (Å²) in [7, 11) is -3.90. The number of aliphatic hydroxyl groups excluding tert-OH is 1. The maximum Gasteiger partial charge on any atom is 0.337 e. The van der Waals surface area contributed by atoms with Gasteiger partial charge in [-0.3, -0.25) is 0 Å². The SMILES string of the molecule is Nc1ccc(C(=O)O)c(S(=O)(=O)N2CCC(CO)CC2)c1. The van der Waals surface area contributed by atoms with Crippen molar-refractivity contribution < 1.29 is 23.4 Å². The number of nitrogens with zero attached hydrogens (tertiary/aromatic N) is 1. The van der Waals surface area contributed by atoms with Gasteiger partial charge >= 0.3 is 5.97 Å². The number of nitrogens with two attached hydrogens (primary N) is 1. The molecule has 0 aromatic heterocycles. The zero-order chi connectivity index (χ0) is 15.6. The van der Waals surface area contributed by atoms with E-state index in [1.165, 1.54) is 22.5 Å². The lowest BCUT2D eigenvalue weighted by atomic mass is 10.00. The van der Waals surface area contributed by atoms with Crippen LogP contribution >= 0.6 is 0 Å². The second kappa shape index (κ2) is 6.00. The fourth-order valence-electron chi connectivity index (χ4n) is 2.40. The first-order valence-electron chi connectivity index (χ1n) is 6.60. The van der Waals surface area contributed by atoms with Gasteiger partial charge in [0.1, 0.15) is 0 Å². The highest BCUT2D eigenvalue weighted by Crippen LogP contribution is 2.27. The molecule has 4 N–H and O–H groups in total. The number of benzene rings is 1. The largest absolute Gasteiger partial charge is 0.478 e. The van der Waals surface area contributed by atoms with Crippen molar-refractivity contribution in [3.8, 4) is 0 Å². The number of carboxylic acids is 1. The highest BCUT2D eigenvalue weighted by Gasteiger charge is 2.32. The Bertz CT molecular complexity index is 636. The Kier molecular flexibility index (Phi) is 4.50. The fourth-order valence-corrected chi connectivity index (χ4v) is 4.09. The van der Waals surface area contributed by atoms with Crippen LogP contribution in [0.2, 0.25) is 0 Å². The Morgan fingerprint density at radius 3 is 2.48 bits per heavy atom. The first-order valence-corrected chi connectivity index (χ1v) is 8.04. The molecule has 0 saturated carbocycles. The van der Waals surface area contributed by atoms with Gasteiger partial charge in [0.2, 0.25) is 10.0 Å². The predicted molar refractivity (Wildman–Crippen MR) is 76.4 cm³/mol. The quantitative estimate of drug-likeness (QED) is 0.690. The minimum absolute atomic E-state index is 0.0343. The van der Waals surface area contributed by atoms with E-state index in [1.807, 2.05) is 0 Å². The molecule has 1 aromatic rings. The standard InChI is InChI=1S/C13H18N2O5S/c14-10-1-2-11(13(17)18)12(7-10)21(19,20)15-5-3-9(8-16)4-6-15/h1-2,7,9,16H,3-6,8,14H2,(H,17,18). The molecule has 116 valence electrons. The number of nitrogen functional groups attached to an aromatic ring is 1. The molecule has 0 amide bonds. The number of anilines is 1. The third-order valence-corrected chi connectivity index (χ3v) is 5.62. The molecule has 7 nitrogen and oxygen atoms in total. The van der Waals surface area contributed by atoms with Crippen molar-refractivity contribution in [3.05, 3.63) is 23.8 Å². The van der Waals surface area contributed by atoms with Crippen molar-refractivity contribution in [2.24, 2.45) is 5.92 Å². The summed E-state index contributed by atoms with van der Waals surface area (Å²) in [5, 5.41) is 18.2. The van der Waals surface area contributed by atoms with Gasteiger partial charge in [0.15, 0.2) is 0 Å². The van der Waals surface area contributed by atoms with Crippen molar-refractivity contribution in [1.29, 1.82) is 0 Å². The first kappa shape index (κ1) is 15.7. The fraction of sp³-hybridized carbons (Fsp3) is 0.462. The van der Waals surface area contributed by atoms with E-state index in [9.17, 15) is 13.2 Å². The maximum absolute atomic E-state index is 12.6. The second-order valence-corrected chi connectivity index (χ2v) is 7.00. The summed E-state index contributed by atoms with van der Waals surface area (Å²) in [6.45, 7) is 0.565. The van der Waals surface area contributed by atoms with Crippen molar-refractivity contribution in [1.82, 2.24) is 4.31 Å². The summed E-state index contributed by atoms with van der Waals surface area (Å²) in [6, 6.07) is 3.74. The van der Waals surface area contributed by atoms with Crippen molar-refractivity contribution in [2.75, 3.05) is 25.4 Å². The van der Waals surface area contributed by atoms with E-state index in [-0.39, 0.29) is 41.8 Å². The van der Waals surface area contributed by atoms with Gasteiger partial charge in [-0.05, 0) is 37.0 Å². The number of hydrogen-bond donors (Lipinski definition) is 3. The lowest BCUT2D eigenvalue weighted by Crippen LogP contribution is -2.39. The molecule has 0 radical (unpaired) electrons. The summed E-state index contributed by atoms with van der Waals surface area (Å²) in [4.78, 5) is 10.9. The Balaban J connectivity index is 2.36. The third kappa shape index (κ3) is 3.17. The van der Waals surface area contributed by atoms with Gasteiger partial charge in [0, 0.05) is 25.4 Å². The molecule has 21 heavy (non-hydrogen) atoms. The topological polar surface area (TPSA) is 121 Å². The number of rotatable bonds is 4. The number of sulfonamides is 1. The molecule has 1 aliphatic rings. The van der Waals surface area contributed by atoms with Gasteiger partial charge in [-0.15, -0.1) is 0 Å². The lowest BCUT2D eigenvalue weighted by molar-refractivity contribution is 0.0692. The van der Waals surface area contributed by atoms with E-state index in [0.29, 0.717) is 12.8 Å². The van der Waals surface area contributed by atoms with Crippen molar-refractivity contribution >= 4 is 21.7 Å². The van der Waals surface area contributed by atoms with Crippen LogP contribution in [0.25, 0.3) is 0 Å². The van der Waals surface area contributed by atoms with E-state index in [0.717, 1.165) is 0 Å². The van der Waals surface area contributed by atoms with E-state index in [4.69, 9.17) is 15.9 Å². The molecular weight excluding hydrogens is 296 g/mol. The number of aromatic carboxylic acids is 1. The third-order valence-electron chi connectivity index (χ3n) is 3.69. The van der Waals surface area contributed by atoms with Crippen LogP contribution in [0.15, 0.2) is 23.1 Å². The zero-order valence-electron chi connectivity index (χ0n) is 11.4. The van der Waals surface area contributed by atoms with Crippen molar-refractivity contribution in [2.45, 2.75) is 17.7 Å². The highest BCUT2D eigenvalue weighted by atomic mass is 32.2. The second-order valence-electron chi connectivity index (χ2n) is 5.09. The number of aliphatic hydroxyl groups is 1. The number of hydrogen-bond acceptors (Lipinski definition) is 5. The van der Waals surface area contributed by atoms with Crippen LogP contribution < -0.4 is 5.73 Å². The molecule has 0 unspecified atom stereocenters. The highest BCUT2D eigenvalue weighted by molar-refractivity contribution is 7.89. The average Bonchev–Trinajstić information content (AvgIpc) is 2.47. The molecule has 8 heteroatoms. The number of carboxylic acid groups (broad SMARTS) is 1. The monoisotopic (exact) mass is 314 g/mol. The van der Waals surface area contributed by atoms with Crippen LogP contribution in [0.3, 0.4) is 0 Å². The van der Waals surface area contributed by atoms with Crippen molar-refractivity contribution in [3.63, 3.8) is 0 Å². The van der Waals surface area contributed by atoms with E-state index < -0.39 is 16.0 Å². The van der Waals surface area contributed by atoms with Crippen LogP contribution in [0.4, 0.5) is 5.69 Å². The van der Waals surface area contributed by atoms with Gasteiger partial charge < -0.3 is 15.9 Å². The Morgan fingerprint density at radius 2 is 1.95 bits per heavy atom. The van der Waals surface area contributed by atoms with Gasteiger partial charge in [-0.1, -0.05) is 0 Å². The molecule has 0 aliphatic carbocycles. The predicted octanol–water partition coefficient (Wildman–Crippen LogP) is 0.360. The van der Waals surface area contributed by atoms with Crippen LogP contribution in [-0.4, -0.2) is 48.6 Å². The first-order chi connectivity index (χ1) is 9.86. The molecular formula is C13H18N2O5S. The normalized spacial score (nSPS) is 17.8. The molecule has 0 spiro atoms. The van der Waals surface area contributed by atoms with E-state index in [1.54, 1.807) is 0 Å². The van der Waals surface area contributed by atoms with E-state index in [2.05, 4.69) is 0 Å². The van der Waals surface area contributed by atoms with Crippen LogP contribution in [0.1, 0.15) is 23.2 Å². The van der Waals surface area contributed by atoms with Gasteiger partial charge in [-0.2, -0.15) is 4.31 Å². The molecule has 0 bridgehead atoms. The van der Waals surface area contributed by atoms with Crippen LogP contribution in [0, 0.1) is 5.92 Å². The zero-order valence-corrected chi connectivity index (χ0v) is 12.2. The summed E-state index contributed by atoms with van der Waals surface area (Å²) < 4.78 is 26.5. The van der Waals surface area contributed by atoms with Crippen LogP contribution in [0.5, 0.6) is 0 Å². The molecule has 2 rings (SSSR count). The molecule has 0 atom stereocenters. The number of carbonyl (C=O) groups is 1. The number of piperidine rings is 1. The Hall–Kier alpha value is -1.64. The summed E-state index contributed by atoms with van der Waals surface area (Å²) in [6.07, 6.45) is 1.11. The summed E-state index contributed by atoms with van der Waals surface area (Å²) in [5.41, 5.74) is 5.50. The molecule has 1 heterocycles. The Labute approximate surface area is 123 Å². The van der Waals surface area contributed by atoms with Gasteiger partial charge in [0.25, 0.3) is 0 Å². The maximum atomic E-state index is 12.6. The summed E-state index contributed by atoms with van der Waals surface area (Å²) in [5.74, 6) is -1.21. The molecule has 1 aliphatic heterocycles. The smallest absolute Gasteiger partial charge is 0.337 e. The summed E-state index contributed by atoms with van der Waals surface area (Å²) >= 11 is 0. The Morgan fingerprint density at radius 1 is 1.33 bits per heavy atom. The van der Waals surface area contributed by atoms with E-state index >= 15 is 0 Å². The minimum Gasteiger partial charge on any atom is -0.478 e. The molecule has 1 aromatic carbocycles. The molecule has 1 fully saturated rings. The van der Waals surface area contributed by atoms with Gasteiger partial charge in [-0.25, -0.2) is 13.2 Å². The minimum atomic E-state index is -3.90. The van der Waals surface area contributed by atoms with Crippen LogP contribution in [-0.2, 0) is 10.0 Å². The van der Waals surface area contributed by atoms with Gasteiger partial charge in [0.05, 0.1) is 10.5 Å². The lowest BCUT2D eigenvalue weighted by Gasteiger charge is -2.30.